The molecule has 1 saturated heterocycles. The predicted molar refractivity (Wildman–Crippen MR) is 197 cm³/mol. The third-order valence-corrected chi connectivity index (χ3v) is 5.75. The number of hydrogen-bond acceptors (Lipinski definition) is 8. The molecule has 0 aromatic heterocycles. The van der Waals surface area contributed by atoms with Crippen molar-refractivity contribution in [3.05, 3.63) is 85.0 Å². The first-order valence-electron chi connectivity index (χ1n) is 15.4. The molecule has 2 aromatic rings. The van der Waals surface area contributed by atoms with Gasteiger partial charge in [0.25, 0.3) is 0 Å². The number of nitrogens with zero attached hydrogens (tertiary/aromatic N) is 2. The molecule has 268 valence electrons. The van der Waals surface area contributed by atoms with Crippen LogP contribution in [0.5, 0.6) is 0 Å². The Bertz CT molecular complexity index is 1360. The Balaban J connectivity index is -0.000000355. The summed E-state index contributed by atoms with van der Waals surface area (Å²) in [6.45, 7) is 22.5. The van der Waals surface area contributed by atoms with E-state index in [2.05, 4.69) is 13.2 Å². The van der Waals surface area contributed by atoms with Crippen molar-refractivity contribution in [1.29, 1.82) is 0 Å². The predicted octanol–water partition coefficient (Wildman–Crippen LogP) is 4.08. The molecule has 49 heavy (non-hydrogen) atoms. The number of rotatable bonds is 9. The number of carboxylic acids is 1. The van der Waals surface area contributed by atoms with Gasteiger partial charge in [-0.3, -0.25) is 9.80 Å². The summed E-state index contributed by atoms with van der Waals surface area (Å²) in [5, 5.41) is 8.99. The van der Waals surface area contributed by atoms with E-state index < -0.39 is 35.3 Å². The molecule has 1 aliphatic rings. The van der Waals surface area contributed by atoms with Gasteiger partial charge in [-0.25, -0.2) is 19.2 Å². The largest absolute Gasteiger partial charge is 1.00 e. The van der Waals surface area contributed by atoms with Crippen LogP contribution in [0.3, 0.4) is 0 Å². The maximum absolute atomic E-state index is 12.3. The number of carboxylic acid groups (broad SMARTS) is 1. The zero-order chi connectivity index (χ0) is 35.6. The molecule has 1 aliphatic heterocycles. The number of ether oxygens (including phenoxy) is 4. The van der Waals surface area contributed by atoms with Crippen molar-refractivity contribution in [1.82, 2.24) is 0 Å². The van der Waals surface area contributed by atoms with E-state index in [4.69, 9.17) is 24.1 Å². The Labute approximate surface area is 316 Å². The second kappa shape index (κ2) is 23.8. The molecular weight excluding hydrogens is 638 g/mol. The number of hydrogen-bond donors (Lipinski definition) is 1. The first kappa shape index (κ1) is 47.6. The normalized spacial score (nSPS) is 11.7. The van der Waals surface area contributed by atoms with Crippen LogP contribution in [0.2, 0.25) is 0 Å². The van der Waals surface area contributed by atoms with Gasteiger partial charge in [-0.2, -0.15) is 0 Å². The quantitative estimate of drug-likeness (QED) is 0.179. The maximum Gasteiger partial charge on any atom is 1.00 e. The van der Waals surface area contributed by atoms with Crippen LogP contribution in [-0.2, 0) is 18.9 Å². The molecule has 0 aliphatic carbocycles. The van der Waals surface area contributed by atoms with E-state index in [1.807, 2.05) is 0 Å². The van der Waals surface area contributed by atoms with E-state index in [-0.39, 0.29) is 57.7 Å². The van der Waals surface area contributed by atoms with Crippen molar-refractivity contribution >= 4 is 52.9 Å². The van der Waals surface area contributed by atoms with Crippen LogP contribution >= 0.6 is 0 Å². The zero-order valence-electron chi connectivity index (χ0n) is 30.7. The van der Waals surface area contributed by atoms with E-state index in [1.165, 1.54) is 34.8 Å². The van der Waals surface area contributed by atoms with Gasteiger partial charge < -0.3 is 25.5 Å². The van der Waals surface area contributed by atoms with Gasteiger partial charge in [-0.1, -0.05) is 24.3 Å². The molecule has 1 N–H and O–H groups in total. The van der Waals surface area contributed by atoms with Crippen molar-refractivity contribution in [2.45, 2.75) is 72.5 Å². The van der Waals surface area contributed by atoms with Crippen molar-refractivity contribution in [3.8, 4) is 0 Å². The smallest absolute Gasteiger partial charge is 1.00 e. The van der Waals surface area contributed by atoms with Gasteiger partial charge in [0.1, 0.15) is 11.2 Å². The molecule has 13 heteroatoms. The van der Waals surface area contributed by atoms with Crippen LogP contribution in [0.1, 0.15) is 84.9 Å². The minimum atomic E-state index is -1.05. The first-order valence-corrected chi connectivity index (χ1v) is 15.4. The van der Waals surface area contributed by atoms with Gasteiger partial charge in [0, 0.05) is 39.1 Å². The number of amides is 2. The number of benzene rings is 2. The van der Waals surface area contributed by atoms with Crippen LogP contribution < -0.4 is 28.7 Å². The SMILES string of the molecule is C1CCOC1.C=CCN(C(=O)OC(C)(C)C)c1cccc(C(=O)O)c1.C=CCN(C(=O)OC(C)(C)C)c1cccc(C(=O)OCC)c1.[AlH3].[H-].[HH].[Li+]. The summed E-state index contributed by atoms with van der Waals surface area (Å²) in [6.07, 6.45) is 4.67. The monoisotopic (exact) mass is 694 g/mol. The van der Waals surface area contributed by atoms with Crippen molar-refractivity contribution < 1.29 is 64.9 Å². The van der Waals surface area contributed by atoms with Crippen LogP contribution in [0.15, 0.2) is 73.8 Å². The Morgan fingerprint density at radius 2 is 1.24 bits per heavy atom. The molecule has 1 heterocycles. The first-order chi connectivity index (χ1) is 22.0. The molecule has 0 radical (unpaired) electrons. The third kappa shape index (κ3) is 19.3. The number of anilines is 2. The maximum atomic E-state index is 12.3. The molecular formula is C36H56AlLiN2O9. The van der Waals surface area contributed by atoms with Crippen molar-refractivity contribution in [2.75, 3.05) is 42.7 Å². The summed E-state index contributed by atoms with van der Waals surface area (Å²) in [5.41, 5.74) is 0.284. The molecule has 0 atom stereocenters. The standard InChI is InChI=1S/C17H23NO4.C15H19NO4.C4H8O.Al.Li.H2.4H/c1-6-11-18(16(20)22-17(3,4)5)14-10-8-9-13(12-14)15(19)21-7-2;1-5-9-16(14(19)20-15(2,3)4)12-8-6-7-11(10-12)13(17)18;1-2-4-5-3-1;;;;;;;/h6,8-10,12H,1,7,11H2,2-5H3;5-8,10H,1,9H2,2-4H3,(H,17,18);1-4H2;;;1H;;;;/q;;;;+1;;;;;-1. The molecule has 2 amide bonds. The summed E-state index contributed by atoms with van der Waals surface area (Å²) in [5.74, 6) is -1.47. The Morgan fingerprint density at radius 3 is 1.57 bits per heavy atom. The summed E-state index contributed by atoms with van der Waals surface area (Å²) in [4.78, 5) is 50.0. The fraction of sp³-hybridized carbons (Fsp3) is 0.444. The molecule has 0 saturated carbocycles. The van der Waals surface area contributed by atoms with Crippen LogP contribution in [0.25, 0.3) is 0 Å². The van der Waals surface area contributed by atoms with Crippen molar-refractivity contribution in [3.63, 3.8) is 0 Å². The fourth-order valence-corrected chi connectivity index (χ4v) is 3.80. The van der Waals surface area contributed by atoms with Gasteiger partial charge in [0.15, 0.2) is 17.4 Å². The van der Waals surface area contributed by atoms with Gasteiger partial charge in [0.2, 0.25) is 0 Å². The van der Waals surface area contributed by atoms with E-state index in [0.29, 0.717) is 23.5 Å². The molecule has 1 fully saturated rings. The number of carbonyl (C=O) groups excluding carboxylic acids is 3. The van der Waals surface area contributed by atoms with E-state index in [9.17, 15) is 19.2 Å². The molecule has 0 bridgehead atoms. The van der Waals surface area contributed by atoms with Crippen LogP contribution in [-0.4, -0.2) is 90.7 Å². The average molecular weight is 695 g/mol. The minimum absolute atomic E-state index is 0. The zero-order valence-corrected chi connectivity index (χ0v) is 29.7. The number of carbonyl (C=O) groups is 4. The van der Waals surface area contributed by atoms with Gasteiger partial charge in [-0.05, 0) is 97.7 Å². The molecule has 2 aromatic carbocycles. The number of aromatic carboxylic acids is 1. The Kier molecular flexibility index (Phi) is 23.1. The van der Waals surface area contributed by atoms with E-state index in [0.717, 1.165) is 13.2 Å². The minimum Gasteiger partial charge on any atom is -1.00 e. The number of esters is 1. The third-order valence-electron chi connectivity index (χ3n) is 5.75. The van der Waals surface area contributed by atoms with Crippen LogP contribution in [0.4, 0.5) is 21.0 Å². The molecule has 3 rings (SSSR count). The van der Waals surface area contributed by atoms with Gasteiger partial charge in [-0.15, -0.1) is 13.2 Å². The second-order valence-corrected chi connectivity index (χ2v) is 12.2. The molecule has 0 unspecified atom stereocenters. The Hall–Kier alpha value is -3.51. The second-order valence-electron chi connectivity index (χ2n) is 12.2. The summed E-state index contributed by atoms with van der Waals surface area (Å²) >= 11 is 0. The average Bonchev–Trinajstić information content (AvgIpc) is 3.58. The fourth-order valence-electron chi connectivity index (χ4n) is 3.80. The van der Waals surface area contributed by atoms with Crippen LogP contribution in [0, 0.1) is 0 Å². The van der Waals surface area contributed by atoms with E-state index >= 15 is 0 Å². The van der Waals surface area contributed by atoms with Crippen molar-refractivity contribution in [2.24, 2.45) is 0 Å². The summed E-state index contributed by atoms with van der Waals surface area (Å²) in [7, 11) is 0. The molecule has 11 nitrogen and oxygen atoms in total. The van der Waals surface area contributed by atoms with E-state index in [1.54, 1.807) is 97.0 Å². The Morgan fingerprint density at radius 1 is 0.837 bits per heavy atom. The summed E-state index contributed by atoms with van der Waals surface area (Å²) < 4.78 is 20.6. The van der Waals surface area contributed by atoms with Gasteiger partial charge in [0.05, 0.1) is 17.7 Å². The van der Waals surface area contributed by atoms with Gasteiger partial charge >= 0.3 is 43.0 Å². The topological polar surface area (TPSA) is 132 Å². The molecule has 0 spiro atoms. The summed E-state index contributed by atoms with van der Waals surface area (Å²) in [6, 6.07) is 12.8.